The summed E-state index contributed by atoms with van der Waals surface area (Å²) in [5, 5.41) is 17.8. The van der Waals surface area contributed by atoms with Crippen LogP contribution in [0, 0.1) is 0 Å². The van der Waals surface area contributed by atoms with Crippen LogP contribution in [0.2, 0.25) is 0 Å². The molecule has 7 heteroatoms. The summed E-state index contributed by atoms with van der Waals surface area (Å²) in [6, 6.07) is 1.64. The Morgan fingerprint density at radius 3 is 2.60 bits per heavy atom. The Bertz CT molecular complexity index is 443. The minimum Gasteiger partial charge on any atom is -0.504 e. The summed E-state index contributed by atoms with van der Waals surface area (Å²) in [6.07, 6.45) is -3.88. The van der Waals surface area contributed by atoms with Crippen molar-refractivity contribution in [2.75, 3.05) is 0 Å². The lowest BCUT2D eigenvalue weighted by molar-refractivity contribution is -0.287. The van der Waals surface area contributed by atoms with E-state index in [2.05, 4.69) is 9.47 Å². The molecule has 0 amide bonds. The van der Waals surface area contributed by atoms with Gasteiger partial charge in [0.1, 0.15) is 0 Å². The highest BCUT2D eigenvalue weighted by atomic mass is 19.3. The molecule has 0 aliphatic carbocycles. The fourth-order valence-electron chi connectivity index (χ4n) is 1.16. The van der Waals surface area contributed by atoms with Crippen LogP contribution < -0.4 is 9.47 Å². The van der Waals surface area contributed by atoms with Gasteiger partial charge < -0.3 is 19.7 Å². The van der Waals surface area contributed by atoms with Crippen LogP contribution in [-0.2, 0) is 0 Å². The Hall–Kier alpha value is -2.05. The smallest absolute Gasteiger partial charge is 0.504 e. The summed E-state index contributed by atoms with van der Waals surface area (Å²) >= 11 is 0. The van der Waals surface area contributed by atoms with Gasteiger partial charge in [-0.25, -0.2) is 4.79 Å². The first-order valence-corrected chi connectivity index (χ1v) is 3.75. The van der Waals surface area contributed by atoms with Gasteiger partial charge >= 0.3 is 12.3 Å². The van der Waals surface area contributed by atoms with Gasteiger partial charge in [-0.15, -0.1) is 8.78 Å². The number of ether oxygens (including phenoxy) is 2. The molecule has 2 rings (SSSR count). The van der Waals surface area contributed by atoms with Crippen molar-refractivity contribution in [1.29, 1.82) is 0 Å². The molecule has 0 fully saturated rings. The molecular formula is C8H4F2O5. The van der Waals surface area contributed by atoms with Crippen molar-refractivity contribution in [1.82, 2.24) is 0 Å². The van der Waals surface area contributed by atoms with Crippen molar-refractivity contribution >= 4 is 5.97 Å². The number of fused-ring (bicyclic) bond motifs is 1. The van der Waals surface area contributed by atoms with Gasteiger partial charge in [0.15, 0.2) is 11.5 Å². The maximum Gasteiger partial charge on any atom is 0.586 e. The number of rotatable bonds is 1. The highest BCUT2D eigenvalue weighted by molar-refractivity contribution is 5.89. The first-order valence-electron chi connectivity index (χ1n) is 3.75. The predicted octanol–water partition coefficient (Wildman–Crippen LogP) is 1.41. The van der Waals surface area contributed by atoms with E-state index in [0.29, 0.717) is 0 Å². The molecule has 0 saturated heterocycles. The number of alkyl halides is 2. The Morgan fingerprint density at radius 1 is 1.33 bits per heavy atom. The zero-order valence-corrected chi connectivity index (χ0v) is 7.03. The van der Waals surface area contributed by atoms with Crippen LogP contribution in [0.15, 0.2) is 12.1 Å². The van der Waals surface area contributed by atoms with Crippen molar-refractivity contribution in [2.45, 2.75) is 6.29 Å². The second-order valence-corrected chi connectivity index (χ2v) is 2.80. The van der Waals surface area contributed by atoms with E-state index in [1.54, 1.807) is 0 Å². The van der Waals surface area contributed by atoms with Crippen LogP contribution >= 0.6 is 0 Å². The summed E-state index contributed by atoms with van der Waals surface area (Å²) in [7, 11) is 0. The van der Waals surface area contributed by atoms with E-state index < -0.39 is 29.5 Å². The van der Waals surface area contributed by atoms with E-state index in [1.807, 2.05) is 0 Å². The van der Waals surface area contributed by atoms with Gasteiger partial charge in [-0.1, -0.05) is 0 Å². The molecule has 5 nitrogen and oxygen atoms in total. The molecule has 1 aliphatic heterocycles. The molecule has 1 aromatic rings. The number of phenols is 1. The van der Waals surface area contributed by atoms with Crippen molar-refractivity contribution in [3.05, 3.63) is 17.7 Å². The van der Waals surface area contributed by atoms with Gasteiger partial charge in [0.25, 0.3) is 0 Å². The SMILES string of the molecule is O=C(O)c1cc(O)c2c(c1)OC(F)(F)O2. The molecule has 0 saturated carbocycles. The maximum atomic E-state index is 12.5. The van der Waals surface area contributed by atoms with Crippen LogP contribution in [-0.4, -0.2) is 22.5 Å². The predicted molar refractivity (Wildman–Crippen MR) is 41.3 cm³/mol. The lowest BCUT2D eigenvalue weighted by Gasteiger charge is -2.04. The number of halogens is 2. The van der Waals surface area contributed by atoms with Crippen molar-refractivity contribution < 1.29 is 33.3 Å². The van der Waals surface area contributed by atoms with Crippen LogP contribution in [0.1, 0.15) is 10.4 Å². The molecule has 0 atom stereocenters. The standard InChI is InChI=1S/C8H4F2O5/c9-8(10)14-5-2-3(7(12)13)1-4(11)6(5)15-8/h1-2,11H,(H,12,13). The van der Waals surface area contributed by atoms with E-state index in [0.717, 1.165) is 12.1 Å². The summed E-state index contributed by atoms with van der Waals surface area (Å²) in [5.41, 5.74) is -0.368. The van der Waals surface area contributed by atoms with Crippen molar-refractivity contribution in [3.8, 4) is 17.2 Å². The molecule has 80 valence electrons. The second-order valence-electron chi connectivity index (χ2n) is 2.80. The van der Waals surface area contributed by atoms with Crippen LogP contribution in [0.4, 0.5) is 8.78 Å². The summed E-state index contributed by atoms with van der Waals surface area (Å²) in [4.78, 5) is 10.5. The number of carbonyl (C=O) groups is 1. The highest BCUT2D eigenvalue weighted by Crippen LogP contribution is 2.47. The number of phenolic OH excluding ortho intramolecular Hbond substituents is 1. The minimum absolute atomic E-state index is 0.368. The third kappa shape index (κ3) is 1.51. The number of aromatic carboxylic acids is 1. The lowest BCUT2D eigenvalue weighted by atomic mass is 10.2. The fourth-order valence-corrected chi connectivity index (χ4v) is 1.16. The number of carboxylic acids is 1. The Kier molecular flexibility index (Phi) is 1.72. The van der Waals surface area contributed by atoms with Gasteiger partial charge in [0.2, 0.25) is 5.75 Å². The Morgan fingerprint density at radius 2 is 2.00 bits per heavy atom. The number of carboxylic acid groups (broad SMARTS) is 1. The van der Waals surface area contributed by atoms with Crippen molar-refractivity contribution in [3.63, 3.8) is 0 Å². The van der Waals surface area contributed by atoms with Crippen LogP contribution in [0.5, 0.6) is 17.2 Å². The number of hydrogen-bond donors (Lipinski definition) is 2. The van der Waals surface area contributed by atoms with Gasteiger partial charge in [-0.2, -0.15) is 0 Å². The maximum absolute atomic E-state index is 12.5. The van der Waals surface area contributed by atoms with Crippen LogP contribution in [0.3, 0.4) is 0 Å². The summed E-state index contributed by atoms with van der Waals surface area (Å²) in [6.45, 7) is 0. The molecule has 0 radical (unpaired) electrons. The van der Waals surface area contributed by atoms with E-state index in [-0.39, 0.29) is 5.56 Å². The number of aromatic hydroxyl groups is 1. The fraction of sp³-hybridized carbons (Fsp3) is 0.125. The largest absolute Gasteiger partial charge is 0.586 e. The van der Waals surface area contributed by atoms with Gasteiger partial charge in [0.05, 0.1) is 5.56 Å². The molecule has 0 bridgehead atoms. The average molecular weight is 218 g/mol. The quantitative estimate of drug-likeness (QED) is 0.745. The third-order valence-electron chi connectivity index (χ3n) is 1.73. The molecule has 15 heavy (non-hydrogen) atoms. The zero-order valence-electron chi connectivity index (χ0n) is 7.03. The minimum atomic E-state index is -3.88. The van der Waals surface area contributed by atoms with Gasteiger partial charge in [0, 0.05) is 0 Å². The topological polar surface area (TPSA) is 76.0 Å². The van der Waals surface area contributed by atoms with Gasteiger partial charge in [-0.05, 0) is 12.1 Å². The van der Waals surface area contributed by atoms with E-state index in [4.69, 9.17) is 5.11 Å². The number of benzene rings is 1. The molecular weight excluding hydrogens is 214 g/mol. The van der Waals surface area contributed by atoms with E-state index >= 15 is 0 Å². The normalized spacial score (nSPS) is 16.4. The zero-order chi connectivity index (χ0) is 11.2. The highest BCUT2D eigenvalue weighted by Gasteiger charge is 2.45. The molecule has 1 aromatic carbocycles. The second kappa shape index (κ2) is 2.72. The van der Waals surface area contributed by atoms with E-state index in [9.17, 15) is 18.7 Å². The number of hydrogen-bond acceptors (Lipinski definition) is 4. The molecule has 0 aromatic heterocycles. The Labute approximate surface area is 81.5 Å². The molecule has 0 spiro atoms. The summed E-state index contributed by atoms with van der Waals surface area (Å²) in [5.74, 6) is -3.14. The van der Waals surface area contributed by atoms with E-state index in [1.165, 1.54) is 0 Å². The molecule has 2 N–H and O–H groups in total. The molecule has 1 heterocycles. The van der Waals surface area contributed by atoms with Crippen molar-refractivity contribution in [2.24, 2.45) is 0 Å². The molecule has 1 aliphatic rings. The first kappa shape index (κ1) is 9.50. The summed E-state index contributed by atoms with van der Waals surface area (Å²) < 4.78 is 33.0. The average Bonchev–Trinajstić information content (AvgIpc) is 2.39. The van der Waals surface area contributed by atoms with Gasteiger partial charge in [-0.3, -0.25) is 0 Å². The first-order chi connectivity index (χ1) is 6.89. The third-order valence-corrected chi connectivity index (χ3v) is 1.73. The van der Waals surface area contributed by atoms with Crippen LogP contribution in [0.25, 0.3) is 0 Å². The monoisotopic (exact) mass is 218 g/mol. The Balaban J connectivity index is 2.51. The molecule has 0 unspecified atom stereocenters. The lowest BCUT2D eigenvalue weighted by Crippen LogP contribution is -2.26.